The molecule has 11 heavy (non-hydrogen) atoms. The molecule has 1 rings (SSSR count). The molecule has 0 fully saturated rings. The third kappa shape index (κ3) is 8.07. The maximum atomic E-state index is 2.25. The molecule has 0 aromatic carbocycles. The predicted molar refractivity (Wildman–Crippen MR) is 51.3 cm³/mol. The van der Waals surface area contributed by atoms with Crippen LogP contribution in [0, 0.1) is 28.2 Å². The van der Waals surface area contributed by atoms with Gasteiger partial charge in [0.05, 0.1) is 0 Å². The standard InChI is InChI=1S/C7H10.3CH3.Pt/c1-6-3-4-7(2)5-6;;;;/h3-6H,1-2H3;3*1H3;/q;3*-1;. The maximum absolute atomic E-state index is 2.25. The Bertz CT molecular complexity index is 123. The van der Waals surface area contributed by atoms with Crippen molar-refractivity contribution in [2.24, 2.45) is 5.92 Å². The Hall–Kier alpha value is 0.168. The first-order valence-corrected chi connectivity index (χ1v) is 2.65. The first kappa shape index (κ1) is 22.5. The molecule has 1 aliphatic carbocycles. The van der Waals surface area contributed by atoms with Gasteiger partial charge in [-0.05, 0) is 12.8 Å². The predicted octanol–water partition coefficient (Wildman–Crippen LogP) is 3.49. The minimum Gasteiger partial charge on any atom is -0.358 e. The Balaban J connectivity index is -0.0000000612. The Morgan fingerprint density at radius 1 is 1.18 bits per heavy atom. The summed E-state index contributed by atoms with van der Waals surface area (Å²) in [4.78, 5) is 0. The Labute approximate surface area is 87.0 Å². The second kappa shape index (κ2) is 10.2. The summed E-state index contributed by atoms with van der Waals surface area (Å²) in [6.45, 7) is 4.31. The van der Waals surface area contributed by atoms with E-state index in [1.165, 1.54) is 5.57 Å². The van der Waals surface area contributed by atoms with Gasteiger partial charge >= 0.3 is 0 Å². The molecule has 1 unspecified atom stereocenters. The molecule has 0 saturated carbocycles. The van der Waals surface area contributed by atoms with Gasteiger partial charge < -0.3 is 22.3 Å². The van der Waals surface area contributed by atoms with Crippen LogP contribution in [0.5, 0.6) is 0 Å². The zero-order valence-corrected chi connectivity index (χ0v) is 10.4. The van der Waals surface area contributed by atoms with Gasteiger partial charge in [0.15, 0.2) is 0 Å². The topological polar surface area (TPSA) is 0 Å². The summed E-state index contributed by atoms with van der Waals surface area (Å²) >= 11 is 0. The van der Waals surface area contributed by atoms with Crippen LogP contribution in [-0.4, -0.2) is 0 Å². The van der Waals surface area contributed by atoms with Gasteiger partial charge in [-0.2, -0.15) is 0 Å². The molecule has 0 aromatic heterocycles. The van der Waals surface area contributed by atoms with Gasteiger partial charge in [0.25, 0.3) is 0 Å². The summed E-state index contributed by atoms with van der Waals surface area (Å²) in [7, 11) is 0. The second-order valence-corrected chi connectivity index (χ2v) is 2.13. The van der Waals surface area contributed by atoms with E-state index in [0.29, 0.717) is 5.92 Å². The molecule has 0 spiro atoms. The van der Waals surface area contributed by atoms with E-state index in [1.54, 1.807) is 0 Å². The van der Waals surface area contributed by atoms with E-state index in [9.17, 15) is 0 Å². The molecule has 1 aliphatic rings. The van der Waals surface area contributed by atoms with Gasteiger partial charge in [0.1, 0.15) is 0 Å². The minimum atomic E-state index is 0. The van der Waals surface area contributed by atoms with Gasteiger partial charge in [-0.25, -0.2) is 0 Å². The van der Waals surface area contributed by atoms with Crippen LogP contribution in [-0.2, 0) is 21.1 Å². The Kier molecular flexibility index (Phi) is 20.8. The molecule has 0 nitrogen and oxygen atoms in total. The molecular weight excluding hydrogens is 315 g/mol. The van der Waals surface area contributed by atoms with Gasteiger partial charge in [0.2, 0.25) is 0 Å². The van der Waals surface area contributed by atoms with Gasteiger partial charge in [-0.15, -0.1) is 0 Å². The van der Waals surface area contributed by atoms with E-state index in [1.807, 2.05) is 0 Å². The van der Waals surface area contributed by atoms with Crippen LogP contribution in [0.3, 0.4) is 0 Å². The SMILES string of the molecule is CC1=CC(C)C=C1.[CH3-].[CH3-].[CH3-].[Pt]. The smallest absolute Gasteiger partial charge is 0 e. The summed E-state index contributed by atoms with van der Waals surface area (Å²) in [6, 6.07) is 0. The first-order chi connectivity index (χ1) is 3.29. The monoisotopic (exact) mass is 334 g/mol. The quantitative estimate of drug-likeness (QED) is 0.595. The molecular formula is C10H19Pt-3. The van der Waals surface area contributed by atoms with E-state index in [-0.39, 0.29) is 43.3 Å². The molecule has 0 aliphatic heterocycles. The average molecular weight is 334 g/mol. The molecule has 0 radical (unpaired) electrons. The molecule has 0 heterocycles. The fourth-order valence-corrected chi connectivity index (χ4v) is 0.829. The summed E-state index contributed by atoms with van der Waals surface area (Å²) in [5.41, 5.74) is 1.40. The van der Waals surface area contributed by atoms with E-state index >= 15 is 0 Å². The van der Waals surface area contributed by atoms with Crippen molar-refractivity contribution in [2.45, 2.75) is 13.8 Å². The summed E-state index contributed by atoms with van der Waals surface area (Å²) < 4.78 is 0. The first-order valence-electron chi connectivity index (χ1n) is 2.65. The van der Waals surface area contributed by atoms with Crippen molar-refractivity contribution < 1.29 is 21.1 Å². The molecule has 72 valence electrons. The molecule has 1 atom stereocenters. The van der Waals surface area contributed by atoms with E-state index < -0.39 is 0 Å². The zero-order chi connectivity index (χ0) is 5.28. The average Bonchev–Trinajstić information content (AvgIpc) is 1.87. The van der Waals surface area contributed by atoms with Crippen LogP contribution in [0.1, 0.15) is 13.8 Å². The molecule has 0 amide bonds. The fourth-order valence-electron chi connectivity index (χ4n) is 0.829. The van der Waals surface area contributed by atoms with E-state index in [4.69, 9.17) is 0 Å². The van der Waals surface area contributed by atoms with E-state index in [2.05, 4.69) is 32.1 Å². The Morgan fingerprint density at radius 2 is 1.64 bits per heavy atom. The van der Waals surface area contributed by atoms with Crippen molar-refractivity contribution in [1.29, 1.82) is 0 Å². The van der Waals surface area contributed by atoms with Gasteiger partial charge in [0, 0.05) is 21.1 Å². The second-order valence-electron chi connectivity index (χ2n) is 2.13. The van der Waals surface area contributed by atoms with Crippen LogP contribution in [0.2, 0.25) is 0 Å². The van der Waals surface area contributed by atoms with Crippen molar-refractivity contribution in [3.8, 4) is 0 Å². The molecule has 0 N–H and O–H groups in total. The van der Waals surface area contributed by atoms with Crippen molar-refractivity contribution in [3.05, 3.63) is 46.1 Å². The molecule has 1 heteroatoms. The third-order valence-electron chi connectivity index (χ3n) is 1.19. The molecule has 0 aromatic rings. The van der Waals surface area contributed by atoms with Crippen LogP contribution < -0.4 is 0 Å². The van der Waals surface area contributed by atoms with Crippen molar-refractivity contribution >= 4 is 0 Å². The minimum absolute atomic E-state index is 0. The van der Waals surface area contributed by atoms with Gasteiger partial charge in [-0.3, -0.25) is 0 Å². The van der Waals surface area contributed by atoms with Crippen molar-refractivity contribution in [2.75, 3.05) is 0 Å². The summed E-state index contributed by atoms with van der Waals surface area (Å²) in [5, 5.41) is 0. The van der Waals surface area contributed by atoms with Crippen molar-refractivity contribution in [3.63, 3.8) is 0 Å². The van der Waals surface area contributed by atoms with Crippen molar-refractivity contribution in [1.82, 2.24) is 0 Å². The van der Waals surface area contributed by atoms with E-state index in [0.717, 1.165) is 0 Å². The number of allylic oxidation sites excluding steroid dienone is 4. The molecule has 0 bridgehead atoms. The van der Waals surface area contributed by atoms with Gasteiger partial charge in [-0.1, -0.05) is 30.7 Å². The summed E-state index contributed by atoms with van der Waals surface area (Å²) in [5.74, 6) is 0.681. The maximum Gasteiger partial charge on any atom is 0 e. The number of hydrogen-bond acceptors (Lipinski definition) is 0. The normalized spacial score (nSPS) is 18.0. The zero-order valence-electron chi connectivity index (χ0n) is 8.13. The Morgan fingerprint density at radius 3 is 1.73 bits per heavy atom. The number of hydrogen-bond donors (Lipinski definition) is 0. The fraction of sp³-hybridized carbons (Fsp3) is 0.300. The van der Waals surface area contributed by atoms with Crippen LogP contribution in [0.25, 0.3) is 0 Å². The molecule has 0 saturated heterocycles. The third-order valence-corrected chi connectivity index (χ3v) is 1.19. The van der Waals surface area contributed by atoms with Crippen LogP contribution in [0.4, 0.5) is 0 Å². The number of rotatable bonds is 0. The summed E-state index contributed by atoms with van der Waals surface area (Å²) in [6.07, 6.45) is 6.61. The van der Waals surface area contributed by atoms with Crippen LogP contribution in [0.15, 0.2) is 23.8 Å². The van der Waals surface area contributed by atoms with Crippen LogP contribution >= 0.6 is 0 Å². The largest absolute Gasteiger partial charge is 0.358 e.